The van der Waals surface area contributed by atoms with E-state index >= 15 is 0 Å². The van der Waals surface area contributed by atoms with Crippen LogP contribution in [-0.4, -0.2) is 15.0 Å². The van der Waals surface area contributed by atoms with Crippen molar-refractivity contribution in [2.24, 2.45) is 0 Å². The van der Waals surface area contributed by atoms with Crippen LogP contribution in [0.15, 0.2) is 60.9 Å². The van der Waals surface area contributed by atoms with Crippen LogP contribution in [0.2, 0.25) is 0 Å². The molecule has 3 heteroatoms. The molecule has 0 aliphatic heterocycles. The second-order valence-corrected chi connectivity index (χ2v) is 4.33. The minimum Gasteiger partial charge on any atom is -0.264 e. The van der Waals surface area contributed by atoms with Gasteiger partial charge < -0.3 is 0 Å². The molecule has 0 aliphatic carbocycles. The van der Waals surface area contributed by atoms with Gasteiger partial charge in [0, 0.05) is 29.2 Å². The predicted molar refractivity (Wildman–Crippen MR) is 75.4 cm³/mol. The molecule has 2 aromatic heterocycles. The van der Waals surface area contributed by atoms with E-state index in [1.807, 2.05) is 43.3 Å². The second-order valence-electron chi connectivity index (χ2n) is 4.33. The number of nitrogens with zero attached hydrogens (tertiary/aromatic N) is 3. The van der Waals surface area contributed by atoms with Gasteiger partial charge in [0.1, 0.15) is 0 Å². The maximum Gasteiger partial charge on any atom is 0.161 e. The molecular formula is C16H13N3. The molecule has 0 bridgehead atoms. The molecule has 0 amide bonds. The van der Waals surface area contributed by atoms with E-state index in [9.17, 15) is 0 Å². The molecular weight excluding hydrogens is 234 g/mol. The lowest BCUT2D eigenvalue weighted by Crippen LogP contribution is -1.95. The van der Waals surface area contributed by atoms with Gasteiger partial charge in [0.2, 0.25) is 0 Å². The lowest BCUT2D eigenvalue weighted by Gasteiger charge is -2.06. The van der Waals surface area contributed by atoms with Gasteiger partial charge in [0.05, 0.1) is 5.69 Å². The lowest BCUT2D eigenvalue weighted by molar-refractivity contribution is 1.11. The van der Waals surface area contributed by atoms with Gasteiger partial charge in [-0.1, -0.05) is 30.3 Å². The fraction of sp³-hybridized carbons (Fsp3) is 0.0625. The van der Waals surface area contributed by atoms with Crippen molar-refractivity contribution in [2.75, 3.05) is 0 Å². The summed E-state index contributed by atoms with van der Waals surface area (Å²) in [5, 5.41) is 0. The zero-order valence-electron chi connectivity index (χ0n) is 10.6. The molecule has 19 heavy (non-hydrogen) atoms. The normalized spacial score (nSPS) is 10.4. The van der Waals surface area contributed by atoms with Crippen LogP contribution in [0.4, 0.5) is 0 Å². The number of hydrogen-bond donors (Lipinski definition) is 0. The summed E-state index contributed by atoms with van der Waals surface area (Å²) >= 11 is 0. The van der Waals surface area contributed by atoms with Crippen LogP contribution in [-0.2, 0) is 0 Å². The van der Waals surface area contributed by atoms with Crippen molar-refractivity contribution in [2.45, 2.75) is 6.92 Å². The largest absolute Gasteiger partial charge is 0.264 e. The highest BCUT2D eigenvalue weighted by molar-refractivity contribution is 5.63. The van der Waals surface area contributed by atoms with E-state index in [-0.39, 0.29) is 0 Å². The zero-order valence-corrected chi connectivity index (χ0v) is 10.6. The first kappa shape index (κ1) is 11.5. The molecule has 0 radical (unpaired) electrons. The lowest BCUT2D eigenvalue weighted by atomic mass is 10.1. The van der Waals surface area contributed by atoms with Crippen molar-refractivity contribution in [1.82, 2.24) is 15.0 Å². The standard InChI is InChI=1S/C16H13N3/c1-12-10-15(13-6-3-2-4-7-13)19-16(18-12)14-8-5-9-17-11-14/h2-11H,1H3. The van der Waals surface area contributed by atoms with E-state index in [1.165, 1.54) is 0 Å². The van der Waals surface area contributed by atoms with E-state index in [0.717, 1.165) is 22.5 Å². The topological polar surface area (TPSA) is 38.7 Å². The van der Waals surface area contributed by atoms with Crippen LogP contribution in [0.3, 0.4) is 0 Å². The fourth-order valence-electron chi connectivity index (χ4n) is 1.95. The second kappa shape index (κ2) is 4.98. The van der Waals surface area contributed by atoms with Crippen LogP contribution >= 0.6 is 0 Å². The molecule has 3 rings (SSSR count). The van der Waals surface area contributed by atoms with Crippen LogP contribution in [0.25, 0.3) is 22.6 Å². The first-order chi connectivity index (χ1) is 9.33. The van der Waals surface area contributed by atoms with E-state index in [1.54, 1.807) is 12.4 Å². The van der Waals surface area contributed by atoms with Crippen molar-refractivity contribution in [3.63, 3.8) is 0 Å². The van der Waals surface area contributed by atoms with Crippen molar-refractivity contribution < 1.29 is 0 Å². The molecule has 0 spiro atoms. The molecule has 0 atom stereocenters. The Bertz CT molecular complexity index is 621. The Morgan fingerprint density at radius 2 is 1.63 bits per heavy atom. The minimum atomic E-state index is 0.715. The van der Waals surface area contributed by atoms with Gasteiger partial charge in [-0.25, -0.2) is 9.97 Å². The number of aromatic nitrogens is 3. The maximum atomic E-state index is 4.62. The summed E-state index contributed by atoms with van der Waals surface area (Å²) in [4.78, 5) is 13.2. The fourth-order valence-corrected chi connectivity index (χ4v) is 1.95. The summed E-state index contributed by atoms with van der Waals surface area (Å²) in [5.74, 6) is 0.715. The van der Waals surface area contributed by atoms with Crippen molar-refractivity contribution >= 4 is 0 Å². The smallest absolute Gasteiger partial charge is 0.161 e. The highest BCUT2D eigenvalue weighted by atomic mass is 14.9. The summed E-state index contributed by atoms with van der Waals surface area (Å²) in [5.41, 5.74) is 3.92. The molecule has 1 aromatic carbocycles. The molecule has 3 nitrogen and oxygen atoms in total. The van der Waals surface area contributed by atoms with Crippen LogP contribution < -0.4 is 0 Å². The van der Waals surface area contributed by atoms with Crippen LogP contribution in [0.5, 0.6) is 0 Å². The van der Waals surface area contributed by atoms with Gasteiger partial charge in [-0.2, -0.15) is 0 Å². The van der Waals surface area contributed by atoms with E-state index in [0.29, 0.717) is 5.82 Å². The highest BCUT2D eigenvalue weighted by Crippen LogP contribution is 2.21. The van der Waals surface area contributed by atoms with E-state index in [4.69, 9.17) is 0 Å². The molecule has 0 fully saturated rings. The number of pyridine rings is 1. The Kier molecular flexibility index (Phi) is 3.02. The van der Waals surface area contributed by atoms with E-state index in [2.05, 4.69) is 27.1 Å². The first-order valence-corrected chi connectivity index (χ1v) is 6.14. The van der Waals surface area contributed by atoms with Crippen LogP contribution in [0, 0.1) is 6.92 Å². The highest BCUT2D eigenvalue weighted by Gasteiger charge is 2.06. The molecule has 0 N–H and O–H groups in total. The number of hydrogen-bond acceptors (Lipinski definition) is 3. The average Bonchev–Trinajstić information content (AvgIpc) is 2.48. The van der Waals surface area contributed by atoms with Gasteiger partial charge in [-0.05, 0) is 25.1 Å². The Balaban J connectivity index is 2.12. The number of aryl methyl sites for hydroxylation is 1. The minimum absolute atomic E-state index is 0.715. The number of rotatable bonds is 2. The summed E-state index contributed by atoms with van der Waals surface area (Å²) in [7, 11) is 0. The molecule has 92 valence electrons. The summed E-state index contributed by atoms with van der Waals surface area (Å²) < 4.78 is 0. The maximum absolute atomic E-state index is 4.62. The van der Waals surface area contributed by atoms with Crippen molar-refractivity contribution in [1.29, 1.82) is 0 Å². The molecule has 0 aliphatic rings. The monoisotopic (exact) mass is 247 g/mol. The SMILES string of the molecule is Cc1cc(-c2ccccc2)nc(-c2cccnc2)n1. The summed E-state index contributed by atoms with van der Waals surface area (Å²) in [6, 6.07) is 16.0. The van der Waals surface area contributed by atoms with Gasteiger partial charge in [0.25, 0.3) is 0 Å². The average molecular weight is 247 g/mol. The van der Waals surface area contributed by atoms with Gasteiger partial charge >= 0.3 is 0 Å². The Hall–Kier alpha value is -2.55. The van der Waals surface area contributed by atoms with Crippen molar-refractivity contribution in [3.8, 4) is 22.6 Å². The quantitative estimate of drug-likeness (QED) is 0.695. The van der Waals surface area contributed by atoms with Crippen LogP contribution in [0.1, 0.15) is 5.69 Å². The van der Waals surface area contributed by atoms with Gasteiger partial charge in [-0.3, -0.25) is 4.98 Å². The molecule has 2 heterocycles. The van der Waals surface area contributed by atoms with E-state index < -0.39 is 0 Å². The Morgan fingerprint density at radius 1 is 0.842 bits per heavy atom. The zero-order chi connectivity index (χ0) is 13.1. The third kappa shape index (κ3) is 2.50. The predicted octanol–water partition coefficient (Wildman–Crippen LogP) is 3.51. The Labute approximate surface area is 112 Å². The van der Waals surface area contributed by atoms with Gasteiger partial charge in [-0.15, -0.1) is 0 Å². The Morgan fingerprint density at radius 3 is 2.37 bits per heavy atom. The molecule has 0 saturated heterocycles. The number of benzene rings is 1. The molecule has 3 aromatic rings. The first-order valence-electron chi connectivity index (χ1n) is 6.14. The molecule has 0 unspecified atom stereocenters. The third-order valence-electron chi connectivity index (χ3n) is 2.84. The molecule has 0 saturated carbocycles. The van der Waals surface area contributed by atoms with Gasteiger partial charge in [0.15, 0.2) is 5.82 Å². The summed E-state index contributed by atoms with van der Waals surface area (Å²) in [6.07, 6.45) is 3.53. The summed E-state index contributed by atoms with van der Waals surface area (Å²) in [6.45, 7) is 1.98. The van der Waals surface area contributed by atoms with Crippen molar-refractivity contribution in [3.05, 3.63) is 66.6 Å². The third-order valence-corrected chi connectivity index (χ3v) is 2.84.